The van der Waals surface area contributed by atoms with E-state index in [9.17, 15) is 18.0 Å². The molecular formula is C22H24F3N5OS. The first-order valence-corrected chi connectivity index (χ1v) is 11.1. The molecule has 0 radical (unpaired) electrons. The van der Waals surface area contributed by atoms with E-state index in [1.807, 2.05) is 27.7 Å². The van der Waals surface area contributed by atoms with E-state index in [1.54, 1.807) is 35.5 Å². The molecule has 2 aromatic heterocycles. The van der Waals surface area contributed by atoms with Crippen LogP contribution in [0.15, 0.2) is 53.9 Å². The highest BCUT2D eigenvalue weighted by Gasteiger charge is 2.31. The standard InChI is InChI=1S/C22H24F3N5OS/c1-14(2)29(15(3)4)19(31)13-32-21-28-27-20(16-7-6-10-26-12-16)30(21)18-9-5-8-17(11-18)22(23,24)25/h5-12,14-15H,13H2,1-4H3. The van der Waals surface area contributed by atoms with Gasteiger partial charge in [-0.05, 0) is 58.0 Å². The van der Waals surface area contributed by atoms with Crippen molar-refractivity contribution in [3.8, 4) is 17.1 Å². The van der Waals surface area contributed by atoms with Gasteiger partial charge in [0, 0.05) is 30.0 Å². The molecule has 1 amide bonds. The Labute approximate surface area is 188 Å². The Balaban J connectivity index is 2.01. The topological polar surface area (TPSA) is 63.9 Å². The molecule has 1 aromatic carbocycles. The lowest BCUT2D eigenvalue weighted by Crippen LogP contribution is -2.43. The molecule has 0 bridgehead atoms. The number of benzene rings is 1. The predicted molar refractivity (Wildman–Crippen MR) is 117 cm³/mol. The van der Waals surface area contributed by atoms with Gasteiger partial charge in [0.15, 0.2) is 11.0 Å². The van der Waals surface area contributed by atoms with Crippen molar-refractivity contribution in [2.45, 2.75) is 51.1 Å². The highest BCUT2D eigenvalue weighted by Crippen LogP contribution is 2.33. The van der Waals surface area contributed by atoms with Crippen molar-refractivity contribution in [3.63, 3.8) is 0 Å². The lowest BCUT2D eigenvalue weighted by atomic mass is 10.2. The van der Waals surface area contributed by atoms with Gasteiger partial charge in [0.25, 0.3) is 0 Å². The summed E-state index contributed by atoms with van der Waals surface area (Å²) < 4.78 is 41.5. The van der Waals surface area contributed by atoms with Crippen molar-refractivity contribution in [1.29, 1.82) is 0 Å². The third-order valence-electron chi connectivity index (χ3n) is 4.71. The van der Waals surface area contributed by atoms with Crippen LogP contribution in [0.2, 0.25) is 0 Å². The number of halogens is 3. The van der Waals surface area contributed by atoms with E-state index >= 15 is 0 Å². The normalized spacial score (nSPS) is 11.9. The molecule has 0 spiro atoms. The molecule has 2 heterocycles. The molecular weight excluding hydrogens is 439 g/mol. The molecule has 0 saturated heterocycles. The van der Waals surface area contributed by atoms with Crippen LogP contribution in [0.4, 0.5) is 13.2 Å². The fourth-order valence-electron chi connectivity index (χ4n) is 3.47. The van der Waals surface area contributed by atoms with Crippen LogP contribution in [0, 0.1) is 0 Å². The fourth-order valence-corrected chi connectivity index (χ4v) is 4.29. The van der Waals surface area contributed by atoms with Gasteiger partial charge in [-0.1, -0.05) is 17.8 Å². The maximum absolute atomic E-state index is 13.3. The molecule has 0 atom stereocenters. The second kappa shape index (κ2) is 9.72. The smallest absolute Gasteiger partial charge is 0.337 e. The summed E-state index contributed by atoms with van der Waals surface area (Å²) in [6, 6.07) is 8.45. The summed E-state index contributed by atoms with van der Waals surface area (Å²) in [7, 11) is 0. The maximum atomic E-state index is 13.3. The lowest BCUT2D eigenvalue weighted by Gasteiger charge is -2.30. The van der Waals surface area contributed by atoms with Crippen molar-refractivity contribution in [1.82, 2.24) is 24.6 Å². The minimum absolute atomic E-state index is 0.0235. The first kappa shape index (κ1) is 23.8. The number of hydrogen-bond donors (Lipinski definition) is 0. The summed E-state index contributed by atoms with van der Waals surface area (Å²) in [5.74, 6) is 0.346. The average molecular weight is 464 g/mol. The SMILES string of the molecule is CC(C)N(C(=O)CSc1nnc(-c2cccnc2)n1-c1cccc(C(F)(F)F)c1)C(C)C. The Morgan fingerprint density at radius 1 is 1.09 bits per heavy atom. The van der Waals surface area contributed by atoms with Crippen LogP contribution in [0.1, 0.15) is 33.3 Å². The Morgan fingerprint density at radius 3 is 2.41 bits per heavy atom. The third-order valence-corrected chi connectivity index (χ3v) is 5.62. The molecule has 0 aliphatic rings. The zero-order chi connectivity index (χ0) is 23.5. The van der Waals surface area contributed by atoms with E-state index in [1.165, 1.54) is 10.6 Å². The molecule has 0 N–H and O–H groups in total. The highest BCUT2D eigenvalue weighted by atomic mass is 32.2. The van der Waals surface area contributed by atoms with Gasteiger partial charge in [0.05, 0.1) is 17.0 Å². The second-order valence-corrected chi connectivity index (χ2v) is 8.65. The number of pyridine rings is 1. The molecule has 0 aliphatic heterocycles. The van der Waals surface area contributed by atoms with Gasteiger partial charge in [-0.25, -0.2) is 0 Å². The minimum atomic E-state index is -4.49. The van der Waals surface area contributed by atoms with Gasteiger partial charge in [-0.15, -0.1) is 10.2 Å². The predicted octanol–water partition coefficient (Wildman–Crippen LogP) is 5.09. The van der Waals surface area contributed by atoms with Gasteiger partial charge in [-0.3, -0.25) is 14.3 Å². The number of carbonyl (C=O) groups excluding carboxylic acids is 1. The van der Waals surface area contributed by atoms with Crippen molar-refractivity contribution < 1.29 is 18.0 Å². The molecule has 3 rings (SSSR count). The van der Waals surface area contributed by atoms with Crippen LogP contribution in [0.5, 0.6) is 0 Å². The molecule has 10 heteroatoms. The number of rotatable bonds is 7. The fraction of sp³-hybridized carbons (Fsp3) is 0.364. The van der Waals surface area contributed by atoms with Gasteiger partial charge in [0.2, 0.25) is 5.91 Å². The lowest BCUT2D eigenvalue weighted by molar-refractivity contribution is -0.137. The van der Waals surface area contributed by atoms with Crippen LogP contribution in [-0.2, 0) is 11.0 Å². The van der Waals surface area contributed by atoms with Gasteiger partial charge in [-0.2, -0.15) is 13.2 Å². The monoisotopic (exact) mass is 463 g/mol. The van der Waals surface area contributed by atoms with Crippen LogP contribution in [-0.4, -0.2) is 48.4 Å². The second-order valence-electron chi connectivity index (χ2n) is 7.71. The quantitative estimate of drug-likeness (QED) is 0.457. The zero-order valence-electron chi connectivity index (χ0n) is 18.2. The van der Waals surface area contributed by atoms with Gasteiger partial charge in [0.1, 0.15) is 0 Å². The van der Waals surface area contributed by atoms with Crippen molar-refractivity contribution in [2.75, 3.05) is 5.75 Å². The molecule has 170 valence electrons. The number of aromatic nitrogens is 4. The number of alkyl halides is 3. The summed E-state index contributed by atoms with van der Waals surface area (Å²) in [4.78, 5) is 18.6. The summed E-state index contributed by atoms with van der Waals surface area (Å²) >= 11 is 1.14. The van der Waals surface area contributed by atoms with Crippen LogP contribution >= 0.6 is 11.8 Å². The Morgan fingerprint density at radius 2 is 1.81 bits per heavy atom. The Bertz CT molecular complexity index is 1060. The number of nitrogens with zero attached hydrogens (tertiary/aromatic N) is 5. The van der Waals surface area contributed by atoms with E-state index in [-0.39, 0.29) is 29.4 Å². The maximum Gasteiger partial charge on any atom is 0.416 e. The number of carbonyl (C=O) groups is 1. The summed E-state index contributed by atoms with van der Waals surface area (Å²) in [6.07, 6.45) is -1.33. The van der Waals surface area contributed by atoms with E-state index in [4.69, 9.17) is 0 Å². The van der Waals surface area contributed by atoms with Gasteiger partial charge < -0.3 is 4.90 Å². The summed E-state index contributed by atoms with van der Waals surface area (Å²) in [6.45, 7) is 7.75. The molecule has 0 saturated carbocycles. The van der Waals surface area contributed by atoms with E-state index in [0.29, 0.717) is 16.5 Å². The van der Waals surface area contributed by atoms with Crippen molar-refractivity contribution in [3.05, 3.63) is 54.4 Å². The summed E-state index contributed by atoms with van der Waals surface area (Å²) in [5.41, 5.74) is 0.0726. The molecule has 0 fully saturated rings. The van der Waals surface area contributed by atoms with Gasteiger partial charge >= 0.3 is 6.18 Å². The number of hydrogen-bond acceptors (Lipinski definition) is 5. The largest absolute Gasteiger partial charge is 0.416 e. The molecule has 32 heavy (non-hydrogen) atoms. The molecule has 0 unspecified atom stereocenters. The summed E-state index contributed by atoms with van der Waals surface area (Å²) in [5, 5.41) is 8.69. The number of amides is 1. The highest BCUT2D eigenvalue weighted by molar-refractivity contribution is 7.99. The average Bonchev–Trinajstić information content (AvgIpc) is 3.16. The van der Waals surface area contributed by atoms with Crippen molar-refractivity contribution >= 4 is 17.7 Å². The van der Waals surface area contributed by atoms with E-state index in [0.717, 1.165) is 23.9 Å². The Hall–Kier alpha value is -2.88. The van der Waals surface area contributed by atoms with Crippen LogP contribution < -0.4 is 0 Å². The molecule has 6 nitrogen and oxygen atoms in total. The Kier molecular flexibility index (Phi) is 7.22. The first-order chi connectivity index (χ1) is 15.1. The van der Waals surface area contributed by atoms with Crippen LogP contribution in [0.25, 0.3) is 17.1 Å². The molecule has 3 aromatic rings. The number of thioether (sulfide) groups is 1. The van der Waals surface area contributed by atoms with E-state index in [2.05, 4.69) is 15.2 Å². The van der Waals surface area contributed by atoms with Crippen molar-refractivity contribution in [2.24, 2.45) is 0 Å². The zero-order valence-corrected chi connectivity index (χ0v) is 19.0. The van der Waals surface area contributed by atoms with E-state index < -0.39 is 11.7 Å². The first-order valence-electron chi connectivity index (χ1n) is 10.1. The molecule has 0 aliphatic carbocycles. The third kappa shape index (κ3) is 5.29. The minimum Gasteiger partial charge on any atom is -0.337 e. The van der Waals surface area contributed by atoms with Crippen LogP contribution in [0.3, 0.4) is 0 Å².